The van der Waals surface area contributed by atoms with Crippen molar-refractivity contribution in [1.82, 2.24) is 4.98 Å². The van der Waals surface area contributed by atoms with Crippen molar-refractivity contribution in [3.05, 3.63) is 35.7 Å². The molecule has 4 rings (SSSR count). The number of ether oxygens (including phenoxy) is 3. The third-order valence-electron chi connectivity index (χ3n) is 5.34. The Bertz CT molecular complexity index is 671. The molecule has 2 heterocycles. The summed E-state index contributed by atoms with van der Waals surface area (Å²) in [6, 6.07) is 3.67. The second kappa shape index (κ2) is 5.34. The van der Waals surface area contributed by atoms with Crippen molar-refractivity contribution in [2.45, 2.75) is 44.5 Å². The number of hydrogen-bond acceptors (Lipinski definition) is 5. The Morgan fingerprint density at radius 1 is 1.43 bits per heavy atom. The average molecular weight is 315 g/mol. The Morgan fingerprint density at radius 3 is 3.13 bits per heavy atom. The number of methoxy groups -OCH3 is 1. The van der Waals surface area contributed by atoms with Gasteiger partial charge in [0, 0.05) is 12.3 Å². The Morgan fingerprint density at radius 2 is 2.30 bits per heavy atom. The minimum Gasteiger partial charge on any atom is -0.497 e. The molecule has 1 aromatic rings. The molecule has 0 radical (unpaired) electrons. The Balaban J connectivity index is 1.63. The fourth-order valence-electron chi connectivity index (χ4n) is 4.37. The summed E-state index contributed by atoms with van der Waals surface area (Å²) in [5, 5.41) is 0. The van der Waals surface area contributed by atoms with Gasteiger partial charge in [-0.25, -0.2) is 4.79 Å². The van der Waals surface area contributed by atoms with Crippen LogP contribution in [0, 0.1) is 11.8 Å². The molecular weight excluding hydrogens is 294 g/mol. The first-order valence-electron chi connectivity index (χ1n) is 8.19. The van der Waals surface area contributed by atoms with Gasteiger partial charge in [-0.05, 0) is 37.2 Å². The third kappa shape index (κ3) is 2.17. The van der Waals surface area contributed by atoms with Crippen LogP contribution >= 0.6 is 0 Å². The highest BCUT2D eigenvalue weighted by molar-refractivity contribution is 5.94. The van der Waals surface area contributed by atoms with Crippen LogP contribution in [0.15, 0.2) is 30.0 Å². The number of allylic oxidation sites excluding steroid dienone is 1. The predicted molar refractivity (Wildman–Crippen MR) is 82.8 cm³/mol. The lowest BCUT2D eigenvalue weighted by Crippen LogP contribution is -2.46. The Hall–Kier alpha value is -1.88. The summed E-state index contributed by atoms with van der Waals surface area (Å²) in [7, 11) is 1.63. The Labute approximate surface area is 135 Å². The third-order valence-corrected chi connectivity index (χ3v) is 5.34. The number of esters is 1. The fourth-order valence-corrected chi connectivity index (χ4v) is 4.37. The van der Waals surface area contributed by atoms with Crippen molar-refractivity contribution in [2.24, 2.45) is 11.8 Å². The van der Waals surface area contributed by atoms with Crippen LogP contribution in [0.25, 0.3) is 0 Å². The number of aromatic nitrogens is 1. The summed E-state index contributed by atoms with van der Waals surface area (Å²) < 4.78 is 17.2. The standard InChI is InChI=1S/C18H21NO4/c1-11-7-12-3-4-16-18(12,15(8-11)17(20)23-16)22-10-13-9-14(21-2)5-6-19-13/h5-6,8-9,11-12,16H,3-4,7,10H2,1-2H3/t11-,12+,16+,18-/m1/s1. The quantitative estimate of drug-likeness (QED) is 0.800. The number of carbonyl (C=O) groups is 1. The average Bonchev–Trinajstić information content (AvgIpc) is 3.04. The van der Waals surface area contributed by atoms with Crippen LogP contribution in [0.3, 0.4) is 0 Å². The highest BCUT2D eigenvalue weighted by Crippen LogP contribution is 2.55. The molecular formula is C18H21NO4. The molecule has 0 amide bonds. The lowest BCUT2D eigenvalue weighted by Gasteiger charge is -2.38. The van der Waals surface area contributed by atoms with E-state index in [0.717, 1.165) is 36.3 Å². The molecule has 3 aliphatic rings. The number of pyridine rings is 1. The molecule has 5 nitrogen and oxygen atoms in total. The second-order valence-electron chi connectivity index (χ2n) is 6.73. The molecule has 5 heteroatoms. The summed E-state index contributed by atoms with van der Waals surface area (Å²) in [6.07, 6.45) is 6.58. The van der Waals surface area contributed by atoms with E-state index in [0.29, 0.717) is 18.4 Å². The van der Waals surface area contributed by atoms with E-state index in [1.807, 2.05) is 12.1 Å². The zero-order valence-electron chi connectivity index (χ0n) is 13.5. The van der Waals surface area contributed by atoms with Crippen LogP contribution in [0.1, 0.15) is 31.9 Å². The van der Waals surface area contributed by atoms with E-state index in [1.165, 1.54) is 0 Å². The van der Waals surface area contributed by atoms with Crippen molar-refractivity contribution < 1.29 is 19.0 Å². The summed E-state index contributed by atoms with van der Waals surface area (Å²) >= 11 is 0. The minimum atomic E-state index is -0.575. The monoisotopic (exact) mass is 315 g/mol. The van der Waals surface area contributed by atoms with E-state index in [4.69, 9.17) is 14.2 Å². The summed E-state index contributed by atoms with van der Waals surface area (Å²) in [4.78, 5) is 16.6. The maximum absolute atomic E-state index is 12.3. The van der Waals surface area contributed by atoms with E-state index in [9.17, 15) is 4.79 Å². The van der Waals surface area contributed by atoms with Gasteiger partial charge in [0.05, 0.1) is 25.0 Å². The van der Waals surface area contributed by atoms with Gasteiger partial charge >= 0.3 is 5.97 Å². The largest absolute Gasteiger partial charge is 0.497 e. The maximum Gasteiger partial charge on any atom is 0.337 e. The highest BCUT2D eigenvalue weighted by Gasteiger charge is 2.63. The fraction of sp³-hybridized carbons (Fsp3) is 0.556. The molecule has 4 atom stereocenters. The van der Waals surface area contributed by atoms with Gasteiger partial charge in [-0.1, -0.05) is 13.0 Å². The maximum atomic E-state index is 12.3. The first-order valence-corrected chi connectivity index (χ1v) is 8.19. The highest BCUT2D eigenvalue weighted by atomic mass is 16.6. The smallest absolute Gasteiger partial charge is 0.337 e. The molecule has 0 unspecified atom stereocenters. The van der Waals surface area contributed by atoms with Crippen LogP contribution in [-0.2, 0) is 20.9 Å². The zero-order valence-corrected chi connectivity index (χ0v) is 13.5. The van der Waals surface area contributed by atoms with Crippen molar-refractivity contribution in [3.8, 4) is 5.75 Å². The minimum absolute atomic E-state index is 0.149. The summed E-state index contributed by atoms with van der Waals surface area (Å²) in [6.45, 7) is 2.51. The number of hydrogen-bond donors (Lipinski definition) is 0. The van der Waals surface area contributed by atoms with Crippen LogP contribution < -0.4 is 4.74 Å². The van der Waals surface area contributed by atoms with Crippen molar-refractivity contribution in [3.63, 3.8) is 0 Å². The SMILES string of the molecule is COc1ccnc(CO[C@@]23C4=C[C@H](C)C[C@@H]2CC[C@@H]3OC4=O)c1. The van der Waals surface area contributed by atoms with Gasteiger partial charge in [-0.15, -0.1) is 0 Å². The molecule has 0 spiro atoms. The molecule has 2 fully saturated rings. The van der Waals surface area contributed by atoms with Crippen LogP contribution in [0.2, 0.25) is 0 Å². The van der Waals surface area contributed by atoms with Crippen LogP contribution in [0.4, 0.5) is 0 Å². The summed E-state index contributed by atoms with van der Waals surface area (Å²) in [5.41, 5.74) is 0.955. The lowest BCUT2D eigenvalue weighted by atomic mass is 9.73. The molecule has 0 N–H and O–H groups in total. The number of carbonyl (C=O) groups excluding carboxylic acids is 1. The zero-order chi connectivity index (χ0) is 16.0. The second-order valence-corrected chi connectivity index (χ2v) is 6.73. The first-order chi connectivity index (χ1) is 11.1. The molecule has 2 aliphatic carbocycles. The van der Waals surface area contributed by atoms with E-state index in [-0.39, 0.29) is 12.1 Å². The molecule has 1 aromatic heterocycles. The van der Waals surface area contributed by atoms with Crippen molar-refractivity contribution >= 4 is 5.97 Å². The molecule has 23 heavy (non-hydrogen) atoms. The number of nitrogens with zero attached hydrogens (tertiary/aromatic N) is 1. The molecule has 1 saturated carbocycles. The normalized spacial score (nSPS) is 34.8. The van der Waals surface area contributed by atoms with E-state index < -0.39 is 5.60 Å². The van der Waals surface area contributed by atoms with Crippen molar-refractivity contribution in [1.29, 1.82) is 0 Å². The number of rotatable bonds is 4. The topological polar surface area (TPSA) is 57.6 Å². The van der Waals surface area contributed by atoms with Crippen LogP contribution in [0.5, 0.6) is 5.75 Å². The van der Waals surface area contributed by atoms with Crippen molar-refractivity contribution in [2.75, 3.05) is 7.11 Å². The molecule has 1 aliphatic heterocycles. The molecule has 0 bridgehead atoms. The van der Waals surface area contributed by atoms with Gasteiger partial charge in [0.25, 0.3) is 0 Å². The van der Waals surface area contributed by atoms with Gasteiger partial charge in [0.1, 0.15) is 17.5 Å². The van der Waals surface area contributed by atoms with Gasteiger partial charge in [-0.3, -0.25) is 4.98 Å². The van der Waals surface area contributed by atoms with Crippen LogP contribution in [-0.4, -0.2) is 29.8 Å². The van der Waals surface area contributed by atoms with E-state index in [1.54, 1.807) is 19.4 Å². The summed E-state index contributed by atoms with van der Waals surface area (Å²) in [5.74, 6) is 1.29. The van der Waals surface area contributed by atoms with Gasteiger partial charge in [-0.2, -0.15) is 0 Å². The molecule has 0 aromatic carbocycles. The Kier molecular flexibility index (Phi) is 3.41. The lowest BCUT2D eigenvalue weighted by molar-refractivity contribution is -0.142. The van der Waals surface area contributed by atoms with Gasteiger partial charge in [0.2, 0.25) is 0 Å². The van der Waals surface area contributed by atoms with Gasteiger partial charge < -0.3 is 14.2 Å². The molecule has 122 valence electrons. The van der Waals surface area contributed by atoms with E-state index in [2.05, 4.69) is 11.9 Å². The van der Waals surface area contributed by atoms with Gasteiger partial charge in [0.15, 0.2) is 0 Å². The van der Waals surface area contributed by atoms with E-state index >= 15 is 0 Å². The molecule has 1 saturated heterocycles. The first kappa shape index (κ1) is 14.7. The predicted octanol–water partition coefficient (Wildman–Crippen LogP) is 2.65.